The maximum atomic E-state index is 12.5. The number of thioether (sulfide) groups is 1. The van der Waals surface area contributed by atoms with Gasteiger partial charge in [-0.2, -0.15) is 0 Å². The van der Waals surface area contributed by atoms with Crippen molar-refractivity contribution >= 4 is 50.5 Å². The van der Waals surface area contributed by atoms with Crippen molar-refractivity contribution in [2.75, 3.05) is 30.5 Å². The SMILES string of the molecule is COc1c(NCC(=O)Nc2ccc(CSc3ccccc3)cc2C)cc(Cl)cc1S(C)(=O)=O. The molecule has 0 bridgehead atoms. The summed E-state index contributed by atoms with van der Waals surface area (Å²) in [5.41, 5.74) is 3.15. The summed E-state index contributed by atoms with van der Waals surface area (Å²) in [6.07, 6.45) is 1.07. The molecule has 0 aliphatic rings. The fourth-order valence-corrected chi connectivity index (χ4v) is 5.21. The van der Waals surface area contributed by atoms with E-state index in [1.807, 2.05) is 37.3 Å². The highest BCUT2D eigenvalue weighted by Crippen LogP contribution is 2.35. The normalized spacial score (nSPS) is 11.2. The van der Waals surface area contributed by atoms with Crippen molar-refractivity contribution in [3.8, 4) is 5.75 Å². The minimum Gasteiger partial charge on any atom is -0.493 e. The van der Waals surface area contributed by atoms with E-state index < -0.39 is 9.84 Å². The second kappa shape index (κ2) is 11.0. The van der Waals surface area contributed by atoms with Gasteiger partial charge >= 0.3 is 0 Å². The van der Waals surface area contributed by atoms with Crippen molar-refractivity contribution in [1.82, 2.24) is 0 Å². The lowest BCUT2D eigenvalue weighted by atomic mass is 10.1. The van der Waals surface area contributed by atoms with Crippen LogP contribution in [0.5, 0.6) is 5.75 Å². The van der Waals surface area contributed by atoms with Gasteiger partial charge in [0.25, 0.3) is 0 Å². The number of ether oxygens (including phenoxy) is 1. The number of aryl methyl sites for hydroxylation is 1. The van der Waals surface area contributed by atoms with Crippen LogP contribution in [0.1, 0.15) is 11.1 Å². The summed E-state index contributed by atoms with van der Waals surface area (Å²) < 4.78 is 29.3. The van der Waals surface area contributed by atoms with Crippen molar-refractivity contribution in [1.29, 1.82) is 0 Å². The van der Waals surface area contributed by atoms with Crippen LogP contribution in [0, 0.1) is 6.92 Å². The predicted octanol–water partition coefficient (Wildman–Crippen LogP) is 5.40. The molecule has 0 saturated heterocycles. The first kappa shape index (κ1) is 25.0. The Balaban J connectivity index is 1.64. The first-order valence-corrected chi connectivity index (χ1v) is 13.3. The predicted molar refractivity (Wildman–Crippen MR) is 135 cm³/mol. The molecule has 0 heterocycles. The van der Waals surface area contributed by atoms with Crippen LogP contribution in [0.25, 0.3) is 0 Å². The first-order chi connectivity index (χ1) is 15.7. The molecule has 6 nitrogen and oxygen atoms in total. The fraction of sp³-hybridized carbons (Fsp3) is 0.208. The van der Waals surface area contributed by atoms with Gasteiger partial charge in [0.15, 0.2) is 15.6 Å². The van der Waals surface area contributed by atoms with Crippen LogP contribution >= 0.6 is 23.4 Å². The van der Waals surface area contributed by atoms with E-state index in [2.05, 4.69) is 28.8 Å². The molecule has 0 fully saturated rings. The summed E-state index contributed by atoms with van der Waals surface area (Å²) >= 11 is 7.82. The smallest absolute Gasteiger partial charge is 0.243 e. The Kier molecular flexibility index (Phi) is 8.29. The Bertz CT molecular complexity index is 1250. The van der Waals surface area contributed by atoms with E-state index in [9.17, 15) is 13.2 Å². The maximum Gasteiger partial charge on any atom is 0.243 e. The molecule has 3 aromatic carbocycles. The number of hydrogen-bond acceptors (Lipinski definition) is 6. The molecule has 0 atom stereocenters. The second-order valence-corrected chi connectivity index (χ2v) is 10.9. The van der Waals surface area contributed by atoms with Gasteiger partial charge in [-0.3, -0.25) is 4.79 Å². The highest BCUT2D eigenvalue weighted by molar-refractivity contribution is 7.98. The van der Waals surface area contributed by atoms with Crippen LogP contribution in [0.15, 0.2) is 70.5 Å². The lowest BCUT2D eigenvalue weighted by Crippen LogP contribution is -2.22. The number of halogens is 1. The second-order valence-electron chi connectivity index (χ2n) is 7.41. The van der Waals surface area contributed by atoms with Gasteiger partial charge in [0, 0.05) is 27.6 Å². The molecule has 0 radical (unpaired) electrons. The number of amides is 1. The molecule has 0 aliphatic heterocycles. The van der Waals surface area contributed by atoms with Crippen molar-refractivity contribution in [2.24, 2.45) is 0 Å². The molecule has 174 valence electrons. The Morgan fingerprint density at radius 1 is 1.06 bits per heavy atom. The van der Waals surface area contributed by atoms with Crippen LogP contribution in [-0.4, -0.2) is 34.2 Å². The first-order valence-electron chi connectivity index (χ1n) is 10.1. The summed E-state index contributed by atoms with van der Waals surface area (Å²) in [7, 11) is -2.20. The van der Waals surface area contributed by atoms with E-state index in [0.717, 1.165) is 23.1 Å². The number of carbonyl (C=O) groups excluding carboxylic acids is 1. The third kappa shape index (κ3) is 6.90. The minimum absolute atomic E-state index is 0.0415. The molecular formula is C24H25ClN2O4S2. The monoisotopic (exact) mass is 504 g/mol. The van der Waals surface area contributed by atoms with Gasteiger partial charge < -0.3 is 15.4 Å². The third-order valence-electron chi connectivity index (χ3n) is 4.78. The zero-order chi connectivity index (χ0) is 24.0. The van der Waals surface area contributed by atoms with E-state index >= 15 is 0 Å². The zero-order valence-corrected chi connectivity index (χ0v) is 20.9. The van der Waals surface area contributed by atoms with Gasteiger partial charge in [-0.25, -0.2) is 8.42 Å². The summed E-state index contributed by atoms with van der Waals surface area (Å²) in [5, 5.41) is 6.02. The number of carbonyl (C=O) groups is 1. The Labute approximate surface area is 203 Å². The standard InChI is InChI=1S/C24H25ClN2O4S2/c1-16-11-17(15-32-19-7-5-4-6-8-19)9-10-20(16)27-23(28)14-26-21-12-18(25)13-22(24(21)31-2)33(3,29)30/h4-13,26H,14-15H2,1-3H3,(H,27,28). The number of methoxy groups -OCH3 is 1. The van der Waals surface area contributed by atoms with Gasteiger partial charge in [0.05, 0.1) is 19.3 Å². The zero-order valence-electron chi connectivity index (χ0n) is 18.5. The molecule has 9 heteroatoms. The van der Waals surface area contributed by atoms with Gasteiger partial charge in [-0.1, -0.05) is 41.9 Å². The molecule has 1 amide bonds. The number of nitrogens with one attached hydrogen (secondary N) is 2. The molecule has 0 aliphatic carbocycles. The Hall–Kier alpha value is -2.68. The Morgan fingerprint density at radius 2 is 1.79 bits per heavy atom. The fourth-order valence-electron chi connectivity index (χ4n) is 3.19. The molecular weight excluding hydrogens is 480 g/mol. The topological polar surface area (TPSA) is 84.5 Å². The lowest BCUT2D eigenvalue weighted by Gasteiger charge is -2.15. The van der Waals surface area contributed by atoms with E-state index in [0.29, 0.717) is 11.4 Å². The highest BCUT2D eigenvalue weighted by Gasteiger charge is 2.19. The van der Waals surface area contributed by atoms with Crippen LogP contribution in [0.2, 0.25) is 5.02 Å². The van der Waals surface area contributed by atoms with Crippen LogP contribution < -0.4 is 15.4 Å². The summed E-state index contributed by atoms with van der Waals surface area (Å²) in [5.74, 6) is 0.663. The highest BCUT2D eigenvalue weighted by atomic mass is 35.5. The van der Waals surface area contributed by atoms with Crippen LogP contribution in [0.3, 0.4) is 0 Å². The van der Waals surface area contributed by atoms with E-state index in [1.165, 1.54) is 24.1 Å². The van der Waals surface area contributed by atoms with Crippen LogP contribution in [-0.2, 0) is 20.4 Å². The van der Waals surface area contributed by atoms with E-state index in [4.69, 9.17) is 16.3 Å². The maximum absolute atomic E-state index is 12.5. The van der Waals surface area contributed by atoms with Gasteiger partial charge in [0.2, 0.25) is 5.91 Å². The van der Waals surface area contributed by atoms with Gasteiger partial charge in [0.1, 0.15) is 4.90 Å². The van der Waals surface area contributed by atoms with Crippen molar-refractivity contribution in [2.45, 2.75) is 22.5 Å². The summed E-state index contributed by atoms with van der Waals surface area (Å²) in [6.45, 7) is 1.85. The van der Waals surface area contributed by atoms with Gasteiger partial charge in [-0.15, -0.1) is 11.8 Å². The number of sulfone groups is 1. The van der Waals surface area contributed by atoms with Crippen molar-refractivity contribution < 1.29 is 17.9 Å². The minimum atomic E-state index is -3.56. The molecule has 0 unspecified atom stereocenters. The number of hydrogen-bond donors (Lipinski definition) is 2. The van der Waals surface area contributed by atoms with E-state index in [1.54, 1.807) is 11.8 Å². The average Bonchev–Trinajstić information content (AvgIpc) is 2.77. The summed E-state index contributed by atoms with van der Waals surface area (Å²) in [4.78, 5) is 13.7. The van der Waals surface area contributed by atoms with Gasteiger partial charge in [-0.05, 0) is 48.4 Å². The molecule has 0 saturated carbocycles. The molecule has 3 rings (SSSR count). The molecule has 0 aromatic heterocycles. The average molecular weight is 505 g/mol. The van der Waals surface area contributed by atoms with Crippen LogP contribution in [0.4, 0.5) is 11.4 Å². The lowest BCUT2D eigenvalue weighted by molar-refractivity contribution is -0.114. The largest absolute Gasteiger partial charge is 0.493 e. The molecule has 3 aromatic rings. The Morgan fingerprint density at radius 3 is 2.42 bits per heavy atom. The van der Waals surface area contributed by atoms with Crippen molar-refractivity contribution in [3.63, 3.8) is 0 Å². The third-order valence-corrected chi connectivity index (χ3v) is 7.18. The molecule has 33 heavy (non-hydrogen) atoms. The number of rotatable bonds is 9. The summed E-state index contributed by atoms with van der Waals surface area (Å²) in [6, 6.07) is 18.9. The van der Waals surface area contributed by atoms with Crippen molar-refractivity contribution in [3.05, 3.63) is 76.8 Å². The number of anilines is 2. The molecule has 2 N–H and O–H groups in total. The molecule has 0 spiro atoms. The quantitative estimate of drug-likeness (QED) is 0.379. The van der Waals surface area contributed by atoms with E-state index in [-0.39, 0.29) is 28.1 Å². The number of benzene rings is 3.